The molecular weight excluding hydrogens is 370 g/mol. The van der Waals surface area contributed by atoms with Crippen molar-refractivity contribution in [3.05, 3.63) is 64.2 Å². The van der Waals surface area contributed by atoms with Crippen molar-refractivity contribution in [1.29, 1.82) is 0 Å². The van der Waals surface area contributed by atoms with Gasteiger partial charge in [-0.25, -0.2) is 0 Å². The molecule has 0 radical (unpaired) electrons. The van der Waals surface area contributed by atoms with E-state index < -0.39 is 23.7 Å². The van der Waals surface area contributed by atoms with Crippen LogP contribution in [-0.4, -0.2) is 39.5 Å². The van der Waals surface area contributed by atoms with Crippen molar-refractivity contribution in [3.63, 3.8) is 0 Å². The fraction of sp³-hybridized carbons (Fsp3) is 0.278. The largest absolute Gasteiger partial charge is 0.492 e. The fourth-order valence-corrected chi connectivity index (χ4v) is 2.69. The Hall–Kier alpha value is -2.75. The number of nitro benzene ring substituents is 1. The Kier molecular flexibility index (Phi) is 7.47. The van der Waals surface area contributed by atoms with Crippen LogP contribution in [0.25, 0.3) is 0 Å². The number of nitrogens with zero attached hydrogens (tertiary/aromatic N) is 1. The third-order valence-electron chi connectivity index (χ3n) is 3.77. The van der Waals surface area contributed by atoms with Gasteiger partial charge in [0.1, 0.15) is 11.9 Å². The molecule has 0 heterocycles. The fourth-order valence-electron chi connectivity index (χ4n) is 2.43. The quantitative estimate of drug-likeness (QED) is 0.308. The van der Waals surface area contributed by atoms with Crippen LogP contribution < -0.4 is 15.4 Å². The van der Waals surface area contributed by atoms with Gasteiger partial charge in [-0.2, -0.15) is 0 Å². The standard InChI is InChI=1S/C18H21N3O5S/c1-2-26-16-6-4-3-5-14(16)19-18(27)20-15(11-22)17(23)12-7-9-13(10-8-12)21(24)25/h3-10,15,17,22-23H,2,11H2,1H3,(H2,19,20,27). The molecule has 144 valence electrons. The van der Waals surface area contributed by atoms with Crippen molar-refractivity contribution in [1.82, 2.24) is 5.32 Å². The zero-order valence-corrected chi connectivity index (χ0v) is 15.5. The molecule has 9 heteroatoms. The molecule has 0 aliphatic rings. The van der Waals surface area contributed by atoms with Crippen molar-refractivity contribution in [3.8, 4) is 5.75 Å². The van der Waals surface area contributed by atoms with E-state index in [0.717, 1.165) is 0 Å². The molecule has 0 saturated heterocycles. The first-order chi connectivity index (χ1) is 13.0. The van der Waals surface area contributed by atoms with Gasteiger partial charge in [0.25, 0.3) is 5.69 Å². The van der Waals surface area contributed by atoms with Gasteiger partial charge < -0.3 is 25.6 Å². The van der Waals surface area contributed by atoms with Gasteiger partial charge in [-0.1, -0.05) is 12.1 Å². The Balaban J connectivity index is 2.05. The molecule has 2 atom stereocenters. The average Bonchev–Trinajstić information content (AvgIpc) is 2.67. The number of nitro groups is 1. The second kappa shape index (κ2) is 9.81. The highest BCUT2D eigenvalue weighted by Gasteiger charge is 2.22. The van der Waals surface area contributed by atoms with E-state index in [4.69, 9.17) is 17.0 Å². The molecule has 0 aliphatic heterocycles. The van der Waals surface area contributed by atoms with E-state index in [-0.39, 0.29) is 10.8 Å². The number of thiocarbonyl (C=S) groups is 1. The minimum absolute atomic E-state index is 0.0795. The summed E-state index contributed by atoms with van der Waals surface area (Å²) in [6.45, 7) is 1.97. The number of anilines is 1. The predicted molar refractivity (Wildman–Crippen MR) is 106 cm³/mol. The summed E-state index contributed by atoms with van der Waals surface area (Å²) in [7, 11) is 0. The number of aliphatic hydroxyl groups is 2. The number of non-ortho nitro benzene ring substituents is 1. The highest BCUT2D eigenvalue weighted by molar-refractivity contribution is 7.80. The maximum Gasteiger partial charge on any atom is 0.269 e. The van der Waals surface area contributed by atoms with Crippen LogP contribution >= 0.6 is 12.2 Å². The van der Waals surface area contributed by atoms with E-state index in [0.29, 0.717) is 23.6 Å². The number of ether oxygens (including phenoxy) is 1. The molecule has 0 aliphatic carbocycles. The summed E-state index contributed by atoms with van der Waals surface area (Å²) >= 11 is 5.26. The zero-order chi connectivity index (χ0) is 19.8. The smallest absolute Gasteiger partial charge is 0.269 e. The molecule has 0 aromatic heterocycles. The molecule has 2 aromatic rings. The van der Waals surface area contributed by atoms with Crippen molar-refractivity contribution < 1.29 is 19.9 Å². The molecule has 0 amide bonds. The lowest BCUT2D eigenvalue weighted by molar-refractivity contribution is -0.384. The summed E-state index contributed by atoms with van der Waals surface area (Å²) in [6, 6.07) is 11.9. The van der Waals surface area contributed by atoms with Crippen LogP contribution in [0.3, 0.4) is 0 Å². The number of nitrogens with one attached hydrogen (secondary N) is 2. The third-order valence-corrected chi connectivity index (χ3v) is 3.99. The van der Waals surface area contributed by atoms with Crippen LogP contribution in [0.2, 0.25) is 0 Å². The number of para-hydroxylation sites is 2. The maximum absolute atomic E-state index is 10.7. The first-order valence-corrected chi connectivity index (χ1v) is 8.69. The van der Waals surface area contributed by atoms with Crippen LogP contribution in [0.1, 0.15) is 18.6 Å². The lowest BCUT2D eigenvalue weighted by Gasteiger charge is -2.24. The molecule has 4 N–H and O–H groups in total. The van der Waals surface area contributed by atoms with Crippen molar-refractivity contribution >= 4 is 28.7 Å². The van der Waals surface area contributed by atoms with E-state index in [1.54, 1.807) is 12.1 Å². The molecule has 0 saturated carbocycles. The number of hydrogen-bond acceptors (Lipinski definition) is 6. The Bertz CT molecular complexity index is 785. The molecule has 0 bridgehead atoms. The molecule has 27 heavy (non-hydrogen) atoms. The summed E-state index contributed by atoms with van der Waals surface area (Å²) in [4.78, 5) is 10.2. The SMILES string of the molecule is CCOc1ccccc1NC(=S)NC(CO)C(O)c1ccc([N+](=O)[O-])cc1. The lowest BCUT2D eigenvalue weighted by atomic mass is 10.0. The van der Waals surface area contributed by atoms with E-state index >= 15 is 0 Å². The van der Waals surface area contributed by atoms with Gasteiger partial charge in [-0.15, -0.1) is 0 Å². The maximum atomic E-state index is 10.7. The minimum Gasteiger partial charge on any atom is -0.492 e. The molecule has 8 nitrogen and oxygen atoms in total. The summed E-state index contributed by atoms with van der Waals surface area (Å²) in [5, 5.41) is 36.8. The first-order valence-electron chi connectivity index (χ1n) is 8.28. The minimum atomic E-state index is -1.11. The van der Waals surface area contributed by atoms with E-state index in [2.05, 4.69) is 10.6 Å². The normalized spacial score (nSPS) is 12.7. The van der Waals surface area contributed by atoms with Crippen molar-refractivity contribution in [2.24, 2.45) is 0 Å². The van der Waals surface area contributed by atoms with Crippen LogP contribution in [0.15, 0.2) is 48.5 Å². The summed E-state index contributed by atoms with van der Waals surface area (Å²) in [5.41, 5.74) is 0.993. The second-order valence-electron chi connectivity index (χ2n) is 5.61. The highest BCUT2D eigenvalue weighted by Crippen LogP contribution is 2.24. The van der Waals surface area contributed by atoms with Crippen LogP contribution in [0, 0.1) is 10.1 Å². The topological polar surface area (TPSA) is 117 Å². The number of benzene rings is 2. The average molecular weight is 391 g/mol. The van der Waals surface area contributed by atoms with Gasteiger partial charge in [-0.05, 0) is 49.0 Å². The third kappa shape index (κ3) is 5.61. The molecule has 0 fully saturated rings. The highest BCUT2D eigenvalue weighted by atomic mass is 32.1. The Morgan fingerprint density at radius 2 is 1.93 bits per heavy atom. The molecular formula is C18H21N3O5S. The van der Waals surface area contributed by atoms with Gasteiger partial charge in [-0.3, -0.25) is 10.1 Å². The summed E-state index contributed by atoms with van der Waals surface area (Å²) < 4.78 is 5.51. The molecule has 0 spiro atoms. The van der Waals surface area contributed by atoms with E-state index in [1.807, 2.05) is 19.1 Å². The van der Waals surface area contributed by atoms with Gasteiger partial charge in [0.15, 0.2) is 5.11 Å². The van der Waals surface area contributed by atoms with Crippen molar-refractivity contribution in [2.75, 3.05) is 18.5 Å². The molecule has 2 rings (SSSR count). The van der Waals surface area contributed by atoms with Crippen molar-refractivity contribution in [2.45, 2.75) is 19.1 Å². The number of hydrogen-bond donors (Lipinski definition) is 4. The van der Waals surface area contributed by atoms with Crippen LogP contribution in [0.5, 0.6) is 5.75 Å². The second-order valence-corrected chi connectivity index (χ2v) is 6.02. The van der Waals surface area contributed by atoms with Gasteiger partial charge >= 0.3 is 0 Å². The Morgan fingerprint density at radius 1 is 1.26 bits per heavy atom. The van der Waals surface area contributed by atoms with E-state index in [9.17, 15) is 20.3 Å². The zero-order valence-electron chi connectivity index (χ0n) is 14.7. The van der Waals surface area contributed by atoms with Gasteiger partial charge in [0.05, 0.1) is 29.9 Å². The Labute approximate surface area is 161 Å². The van der Waals surface area contributed by atoms with Crippen LogP contribution in [0.4, 0.5) is 11.4 Å². The Morgan fingerprint density at radius 3 is 2.52 bits per heavy atom. The predicted octanol–water partition coefficient (Wildman–Crippen LogP) is 2.37. The van der Waals surface area contributed by atoms with Gasteiger partial charge in [0, 0.05) is 12.1 Å². The number of rotatable bonds is 8. The van der Waals surface area contributed by atoms with E-state index in [1.165, 1.54) is 24.3 Å². The molecule has 2 aromatic carbocycles. The molecule has 2 unspecified atom stereocenters. The first kappa shape index (κ1) is 20.6. The lowest BCUT2D eigenvalue weighted by Crippen LogP contribution is -2.43. The summed E-state index contributed by atoms with van der Waals surface area (Å²) in [6.07, 6.45) is -1.11. The van der Waals surface area contributed by atoms with Gasteiger partial charge in [0.2, 0.25) is 0 Å². The number of aliphatic hydroxyl groups excluding tert-OH is 2. The summed E-state index contributed by atoms with van der Waals surface area (Å²) in [5.74, 6) is 0.626. The monoisotopic (exact) mass is 391 g/mol. The van der Waals surface area contributed by atoms with Crippen LogP contribution in [-0.2, 0) is 0 Å².